The Morgan fingerprint density at radius 3 is 1.95 bits per heavy atom. The largest absolute Gasteiger partial charge is 0.392 e. The quantitative estimate of drug-likeness (QED) is 0.693. The van der Waals surface area contributed by atoms with Crippen molar-refractivity contribution < 1.29 is 5.11 Å². The van der Waals surface area contributed by atoms with E-state index in [0.717, 1.165) is 16.3 Å². The number of hydrogen-bond donors (Lipinski definition) is 1. The second-order valence-electron chi connectivity index (χ2n) is 4.33. The Labute approximate surface area is 132 Å². The summed E-state index contributed by atoms with van der Waals surface area (Å²) in [5.74, 6) is 0. The van der Waals surface area contributed by atoms with E-state index in [0.29, 0.717) is 10.8 Å². The van der Waals surface area contributed by atoms with Gasteiger partial charge in [-0.15, -0.1) is 0 Å². The van der Waals surface area contributed by atoms with Crippen LogP contribution in [-0.2, 0) is 6.61 Å². The first-order chi connectivity index (χ1) is 10.8. The fourth-order valence-corrected chi connectivity index (χ4v) is 2.22. The Hall–Kier alpha value is -2.19. The highest BCUT2D eigenvalue weighted by Crippen LogP contribution is 2.16. The molecule has 22 heavy (non-hydrogen) atoms. The van der Waals surface area contributed by atoms with Gasteiger partial charge >= 0.3 is 0 Å². The minimum Gasteiger partial charge on any atom is -0.392 e. The number of hydrogen-bond acceptors (Lipinski definition) is 2. The first-order valence-corrected chi connectivity index (χ1v) is 7.85. The van der Waals surface area contributed by atoms with Crippen LogP contribution in [0.1, 0.15) is 33.3 Å². The van der Waals surface area contributed by atoms with E-state index in [2.05, 4.69) is 0 Å². The Morgan fingerprint density at radius 1 is 0.773 bits per heavy atom. The predicted octanol–water partition coefficient (Wildman–Crippen LogP) is 4.90. The molecular weight excluding hydrogens is 272 g/mol. The first-order valence-electron chi connectivity index (χ1n) is 7.85. The van der Waals surface area contributed by atoms with Gasteiger partial charge in [0.25, 0.3) is 0 Å². The summed E-state index contributed by atoms with van der Waals surface area (Å²) in [5, 5.41) is 12.4. The monoisotopic (exact) mass is 296 g/mol. The van der Waals surface area contributed by atoms with Gasteiger partial charge in [-0.25, -0.2) is 0 Å². The molecule has 0 amide bonds. The molecule has 0 fully saturated rings. The van der Waals surface area contributed by atoms with Gasteiger partial charge in [0.2, 0.25) is 0 Å². The Bertz CT molecular complexity index is 792. The third-order valence-electron chi connectivity index (χ3n) is 3.19. The zero-order valence-electron chi connectivity index (χ0n) is 13.8. The molecule has 0 atom stereocenters. The summed E-state index contributed by atoms with van der Waals surface area (Å²) in [6, 6.07) is 16.9. The molecule has 0 bridgehead atoms. The van der Waals surface area contributed by atoms with Gasteiger partial charge in [-0.1, -0.05) is 76.2 Å². The van der Waals surface area contributed by atoms with E-state index in [4.69, 9.17) is 5.11 Å². The van der Waals surface area contributed by atoms with Gasteiger partial charge in [-0.3, -0.25) is 4.79 Å². The summed E-state index contributed by atoms with van der Waals surface area (Å²) in [7, 11) is 0. The van der Waals surface area contributed by atoms with Crippen molar-refractivity contribution >= 4 is 21.5 Å². The zero-order valence-corrected chi connectivity index (χ0v) is 13.8. The number of rotatable bonds is 1. The number of aliphatic hydroxyl groups excluding tert-OH is 1. The van der Waals surface area contributed by atoms with Crippen molar-refractivity contribution in [2.75, 3.05) is 0 Å². The maximum Gasteiger partial charge on any atom is 0.194 e. The van der Waals surface area contributed by atoms with Crippen LogP contribution in [0.3, 0.4) is 0 Å². The second kappa shape index (κ2) is 8.96. The number of benzene rings is 2. The Kier molecular flexibility index (Phi) is 7.27. The standard InChI is InChI=1S/C16H12O2.2C2H6/c17-10-11-5-6-13-8-7-12-3-1-2-4-14(12)16(18)15(13)9-11;2*1-2/h1-9,17H,10H2;2*1-2H3. The average Bonchev–Trinajstić information content (AvgIpc) is 2.76. The zero-order chi connectivity index (χ0) is 16.5. The van der Waals surface area contributed by atoms with Crippen LogP contribution in [0.15, 0.2) is 59.4 Å². The van der Waals surface area contributed by atoms with Gasteiger partial charge in [0.05, 0.1) is 6.61 Å². The van der Waals surface area contributed by atoms with E-state index in [1.807, 2.05) is 76.2 Å². The van der Waals surface area contributed by atoms with Crippen LogP contribution in [0.2, 0.25) is 0 Å². The average molecular weight is 296 g/mol. The van der Waals surface area contributed by atoms with E-state index in [9.17, 15) is 4.79 Å². The maximum atomic E-state index is 12.5. The molecule has 0 aliphatic rings. The summed E-state index contributed by atoms with van der Waals surface area (Å²) in [6.07, 6.45) is 0. The third-order valence-corrected chi connectivity index (χ3v) is 3.19. The van der Waals surface area contributed by atoms with Gasteiger partial charge in [-0.05, 0) is 22.4 Å². The second-order valence-corrected chi connectivity index (χ2v) is 4.33. The lowest BCUT2D eigenvalue weighted by atomic mass is 10.1. The van der Waals surface area contributed by atoms with Gasteiger partial charge in [-0.2, -0.15) is 0 Å². The summed E-state index contributed by atoms with van der Waals surface area (Å²) in [5.41, 5.74) is 0.774. The van der Waals surface area contributed by atoms with E-state index in [1.54, 1.807) is 6.07 Å². The van der Waals surface area contributed by atoms with Crippen molar-refractivity contribution in [3.05, 3.63) is 70.4 Å². The van der Waals surface area contributed by atoms with Crippen molar-refractivity contribution in [1.82, 2.24) is 0 Å². The minimum atomic E-state index is -0.0497. The number of aliphatic hydroxyl groups is 1. The molecule has 3 rings (SSSR count). The fraction of sp³-hybridized carbons (Fsp3) is 0.250. The van der Waals surface area contributed by atoms with Gasteiger partial charge in [0.1, 0.15) is 0 Å². The Balaban J connectivity index is 0.000000561. The van der Waals surface area contributed by atoms with E-state index >= 15 is 0 Å². The fourth-order valence-electron chi connectivity index (χ4n) is 2.22. The van der Waals surface area contributed by atoms with Crippen LogP contribution < -0.4 is 5.43 Å². The molecule has 0 aliphatic carbocycles. The predicted molar refractivity (Wildman–Crippen MR) is 96.3 cm³/mol. The maximum absolute atomic E-state index is 12.5. The van der Waals surface area contributed by atoms with Crippen LogP contribution >= 0.6 is 0 Å². The van der Waals surface area contributed by atoms with Crippen molar-refractivity contribution in [3.8, 4) is 0 Å². The molecule has 0 aromatic heterocycles. The van der Waals surface area contributed by atoms with Crippen LogP contribution in [0.5, 0.6) is 0 Å². The van der Waals surface area contributed by atoms with Crippen LogP contribution in [0.25, 0.3) is 21.5 Å². The molecular formula is C20H24O2. The molecule has 2 heteroatoms. The van der Waals surface area contributed by atoms with Crippen LogP contribution in [-0.4, -0.2) is 5.11 Å². The molecule has 3 aromatic rings. The van der Waals surface area contributed by atoms with Gasteiger partial charge in [0.15, 0.2) is 5.43 Å². The lowest BCUT2D eigenvalue weighted by molar-refractivity contribution is 0.282. The number of fused-ring (bicyclic) bond motifs is 2. The van der Waals surface area contributed by atoms with E-state index in [-0.39, 0.29) is 12.0 Å². The molecule has 0 aliphatic heterocycles. The van der Waals surface area contributed by atoms with Crippen molar-refractivity contribution in [3.63, 3.8) is 0 Å². The molecule has 0 radical (unpaired) electrons. The van der Waals surface area contributed by atoms with Gasteiger partial charge < -0.3 is 5.11 Å². The molecule has 0 unspecified atom stereocenters. The molecule has 0 spiro atoms. The van der Waals surface area contributed by atoms with E-state index < -0.39 is 0 Å². The summed E-state index contributed by atoms with van der Waals surface area (Å²) < 4.78 is 0. The lowest BCUT2D eigenvalue weighted by Crippen LogP contribution is -1.99. The normalized spacial score (nSPS) is 9.50. The van der Waals surface area contributed by atoms with Gasteiger partial charge in [0, 0.05) is 10.8 Å². The molecule has 3 aromatic carbocycles. The van der Waals surface area contributed by atoms with Crippen molar-refractivity contribution in [1.29, 1.82) is 0 Å². The Morgan fingerprint density at radius 2 is 1.32 bits per heavy atom. The lowest BCUT2D eigenvalue weighted by Gasteiger charge is -1.96. The highest BCUT2D eigenvalue weighted by molar-refractivity contribution is 5.93. The van der Waals surface area contributed by atoms with Crippen LogP contribution in [0.4, 0.5) is 0 Å². The van der Waals surface area contributed by atoms with Crippen molar-refractivity contribution in [2.45, 2.75) is 34.3 Å². The molecule has 0 saturated heterocycles. The van der Waals surface area contributed by atoms with Crippen LogP contribution in [0, 0.1) is 0 Å². The molecule has 2 nitrogen and oxygen atoms in total. The smallest absolute Gasteiger partial charge is 0.194 e. The SMILES string of the molecule is CC.CC.O=c1c2ccccc2ccc2ccc(CO)cc12. The van der Waals surface area contributed by atoms with Crippen molar-refractivity contribution in [2.24, 2.45) is 0 Å². The highest BCUT2D eigenvalue weighted by Gasteiger charge is 2.02. The topological polar surface area (TPSA) is 37.3 Å². The van der Waals surface area contributed by atoms with E-state index in [1.165, 1.54) is 0 Å². The molecule has 0 heterocycles. The third kappa shape index (κ3) is 3.71. The molecule has 1 N–H and O–H groups in total. The minimum absolute atomic E-state index is 0.0147. The summed E-state index contributed by atoms with van der Waals surface area (Å²) in [6.45, 7) is 7.95. The molecule has 116 valence electrons. The highest BCUT2D eigenvalue weighted by atomic mass is 16.3. The summed E-state index contributed by atoms with van der Waals surface area (Å²) in [4.78, 5) is 12.5. The summed E-state index contributed by atoms with van der Waals surface area (Å²) >= 11 is 0. The molecule has 0 saturated carbocycles. The first kappa shape index (κ1) is 17.9.